The summed E-state index contributed by atoms with van der Waals surface area (Å²) in [6.07, 6.45) is 2.93. The molecule has 0 aliphatic heterocycles. The zero-order valence-electron chi connectivity index (χ0n) is 11.4. The number of carbonyl (C=O) groups is 1. The van der Waals surface area contributed by atoms with Crippen LogP contribution in [0.4, 0.5) is 0 Å². The van der Waals surface area contributed by atoms with Crippen molar-refractivity contribution in [3.8, 4) is 0 Å². The Morgan fingerprint density at radius 2 is 1.56 bits per heavy atom. The third-order valence-electron chi connectivity index (χ3n) is 2.83. The van der Waals surface area contributed by atoms with Gasteiger partial charge in [0.15, 0.2) is 5.78 Å². The lowest BCUT2D eigenvalue weighted by Crippen LogP contribution is -2.28. The number of Topliss-reactive ketones (excluding diaryl/α,β-unsaturated/α-hetero) is 1. The van der Waals surface area contributed by atoms with Crippen LogP contribution >= 0.6 is 12.4 Å². The van der Waals surface area contributed by atoms with E-state index in [1.807, 2.05) is 30.3 Å². The Bertz CT molecular complexity index is 321. The largest absolute Gasteiger partial charge is 0.303 e. The molecule has 18 heavy (non-hydrogen) atoms. The summed E-state index contributed by atoms with van der Waals surface area (Å²) in [4.78, 5) is 14.3. The summed E-state index contributed by atoms with van der Waals surface area (Å²) < 4.78 is 0. The molecule has 0 aliphatic carbocycles. The average Bonchev–Trinajstić information content (AvgIpc) is 2.37. The van der Waals surface area contributed by atoms with E-state index in [-0.39, 0.29) is 18.2 Å². The van der Waals surface area contributed by atoms with Gasteiger partial charge in [-0.1, -0.05) is 44.2 Å². The second-order valence-corrected chi connectivity index (χ2v) is 4.38. The molecule has 0 atom stereocenters. The van der Waals surface area contributed by atoms with Crippen molar-refractivity contribution in [2.45, 2.75) is 33.1 Å². The molecule has 0 bridgehead atoms. The van der Waals surface area contributed by atoms with Gasteiger partial charge in [-0.15, -0.1) is 12.4 Å². The van der Waals surface area contributed by atoms with Crippen LogP contribution < -0.4 is 0 Å². The van der Waals surface area contributed by atoms with Crippen LogP contribution in [0.1, 0.15) is 43.5 Å². The number of hydrogen-bond acceptors (Lipinski definition) is 2. The van der Waals surface area contributed by atoms with Crippen LogP contribution in [-0.2, 0) is 0 Å². The molecule has 0 aliphatic rings. The number of benzene rings is 1. The Morgan fingerprint density at radius 1 is 1.00 bits per heavy atom. The molecule has 1 rings (SSSR count). The smallest absolute Gasteiger partial charge is 0.164 e. The van der Waals surface area contributed by atoms with Crippen molar-refractivity contribution in [2.24, 2.45) is 0 Å². The molecule has 102 valence electrons. The van der Waals surface area contributed by atoms with Crippen LogP contribution in [0.25, 0.3) is 0 Å². The van der Waals surface area contributed by atoms with E-state index < -0.39 is 0 Å². The normalized spacial score (nSPS) is 10.2. The first-order valence-corrected chi connectivity index (χ1v) is 6.58. The third-order valence-corrected chi connectivity index (χ3v) is 2.83. The molecule has 0 saturated carbocycles. The lowest BCUT2D eigenvalue weighted by Gasteiger charge is -2.20. The van der Waals surface area contributed by atoms with Crippen molar-refractivity contribution in [1.82, 2.24) is 4.90 Å². The predicted molar refractivity (Wildman–Crippen MR) is 79.7 cm³/mol. The summed E-state index contributed by atoms with van der Waals surface area (Å²) in [6.45, 7) is 7.44. The minimum atomic E-state index is 0. The molecule has 0 radical (unpaired) electrons. The quantitative estimate of drug-likeness (QED) is 0.669. The highest BCUT2D eigenvalue weighted by atomic mass is 35.5. The lowest BCUT2D eigenvalue weighted by molar-refractivity contribution is 0.0964. The standard InChI is InChI=1S/C15H23NO.ClH/c1-3-11-16(12-4-2)13-10-15(17)14-8-6-5-7-9-14;/h5-9H,3-4,10-13H2,1-2H3;1H. The van der Waals surface area contributed by atoms with Crippen molar-refractivity contribution in [3.05, 3.63) is 35.9 Å². The molecule has 0 fully saturated rings. The molecule has 0 unspecified atom stereocenters. The van der Waals surface area contributed by atoms with Crippen LogP contribution in [-0.4, -0.2) is 30.3 Å². The highest BCUT2D eigenvalue weighted by Crippen LogP contribution is 2.05. The maximum Gasteiger partial charge on any atom is 0.164 e. The van der Waals surface area contributed by atoms with Gasteiger partial charge in [-0.05, 0) is 25.9 Å². The number of ketones is 1. The Labute approximate surface area is 117 Å². The lowest BCUT2D eigenvalue weighted by atomic mass is 10.1. The van der Waals surface area contributed by atoms with E-state index in [0.29, 0.717) is 6.42 Å². The SMILES string of the molecule is CCCN(CCC)CCC(=O)c1ccccc1.Cl. The van der Waals surface area contributed by atoms with Gasteiger partial charge < -0.3 is 4.90 Å². The van der Waals surface area contributed by atoms with Gasteiger partial charge in [0.1, 0.15) is 0 Å². The molecule has 1 aromatic rings. The van der Waals surface area contributed by atoms with Crippen molar-refractivity contribution in [2.75, 3.05) is 19.6 Å². The number of carbonyl (C=O) groups excluding carboxylic acids is 1. The van der Waals surface area contributed by atoms with Gasteiger partial charge in [-0.2, -0.15) is 0 Å². The highest BCUT2D eigenvalue weighted by Gasteiger charge is 2.08. The third kappa shape index (κ3) is 6.18. The predicted octanol–water partition coefficient (Wildman–Crippen LogP) is 3.80. The van der Waals surface area contributed by atoms with Crippen molar-refractivity contribution in [3.63, 3.8) is 0 Å². The van der Waals surface area contributed by atoms with E-state index in [0.717, 1.165) is 38.0 Å². The maximum absolute atomic E-state index is 11.9. The Morgan fingerprint density at radius 3 is 2.06 bits per heavy atom. The summed E-state index contributed by atoms with van der Waals surface area (Å²) in [5, 5.41) is 0. The zero-order valence-corrected chi connectivity index (χ0v) is 12.2. The van der Waals surface area contributed by atoms with Crippen LogP contribution in [0.5, 0.6) is 0 Å². The Kier molecular flexibility index (Phi) is 9.62. The van der Waals surface area contributed by atoms with E-state index in [9.17, 15) is 4.79 Å². The summed E-state index contributed by atoms with van der Waals surface area (Å²) in [5.41, 5.74) is 0.834. The fraction of sp³-hybridized carbons (Fsp3) is 0.533. The summed E-state index contributed by atoms with van der Waals surface area (Å²) in [6, 6.07) is 9.57. The second kappa shape index (κ2) is 10.1. The van der Waals surface area contributed by atoms with Gasteiger partial charge in [0, 0.05) is 18.5 Å². The van der Waals surface area contributed by atoms with E-state index in [1.165, 1.54) is 0 Å². The summed E-state index contributed by atoms with van der Waals surface area (Å²) >= 11 is 0. The second-order valence-electron chi connectivity index (χ2n) is 4.38. The molecule has 0 saturated heterocycles. The number of rotatable bonds is 8. The zero-order chi connectivity index (χ0) is 12.5. The summed E-state index contributed by atoms with van der Waals surface area (Å²) in [5.74, 6) is 0.253. The summed E-state index contributed by atoms with van der Waals surface area (Å²) in [7, 11) is 0. The van der Waals surface area contributed by atoms with E-state index in [4.69, 9.17) is 0 Å². The Balaban J connectivity index is 0.00000289. The van der Waals surface area contributed by atoms with Crippen molar-refractivity contribution < 1.29 is 4.79 Å². The molecule has 0 spiro atoms. The molecule has 0 N–H and O–H groups in total. The molecule has 0 heterocycles. The molecule has 2 nitrogen and oxygen atoms in total. The molecule has 3 heteroatoms. The Hall–Kier alpha value is -0.860. The maximum atomic E-state index is 11.9. The van der Waals surface area contributed by atoms with Gasteiger partial charge >= 0.3 is 0 Å². The minimum Gasteiger partial charge on any atom is -0.303 e. The number of nitrogens with zero attached hydrogens (tertiary/aromatic N) is 1. The highest BCUT2D eigenvalue weighted by molar-refractivity contribution is 5.96. The van der Waals surface area contributed by atoms with Gasteiger partial charge in [-0.25, -0.2) is 0 Å². The molecule has 0 amide bonds. The van der Waals surface area contributed by atoms with Crippen molar-refractivity contribution >= 4 is 18.2 Å². The molecular formula is C15H24ClNO. The first kappa shape index (κ1) is 17.1. The topological polar surface area (TPSA) is 20.3 Å². The number of hydrogen-bond donors (Lipinski definition) is 0. The van der Waals surface area contributed by atoms with Gasteiger partial charge in [0.25, 0.3) is 0 Å². The van der Waals surface area contributed by atoms with Crippen LogP contribution in [0.2, 0.25) is 0 Å². The van der Waals surface area contributed by atoms with Crippen LogP contribution in [0.3, 0.4) is 0 Å². The van der Waals surface area contributed by atoms with Gasteiger partial charge in [0.2, 0.25) is 0 Å². The minimum absolute atomic E-state index is 0. The van der Waals surface area contributed by atoms with E-state index in [2.05, 4.69) is 18.7 Å². The molecule has 1 aromatic carbocycles. The van der Waals surface area contributed by atoms with Crippen LogP contribution in [0.15, 0.2) is 30.3 Å². The van der Waals surface area contributed by atoms with E-state index in [1.54, 1.807) is 0 Å². The average molecular weight is 270 g/mol. The van der Waals surface area contributed by atoms with Gasteiger partial charge in [-0.3, -0.25) is 4.79 Å². The number of halogens is 1. The first-order chi connectivity index (χ1) is 8.27. The molecule has 0 aromatic heterocycles. The van der Waals surface area contributed by atoms with Gasteiger partial charge in [0.05, 0.1) is 0 Å². The van der Waals surface area contributed by atoms with E-state index >= 15 is 0 Å². The molecular weight excluding hydrogens is 246 g/mol. The van der Waals surface area contributed by atoms with Crippen LogP contribution in [0, 0.1) is 0 Å². The van der Waals surface area contributed by atoms with Crippen molar-refractivity contribution in [1.29, 1.82) is 0 Å². The first-order valence-electron chi connectivity index (χ1n) is 6.58. The monoisotopic (exact) mass is 269 g/mol. The fourth-order valence-electron chi connectivity index (χ4n) is 2.00. The fourth-order valence-corrected chi connectivity index (χ4v) is 2.00.